The van der Waals surface area contributed by atoms with Gasteiger partial charge in [-0.25, -0.2) is 4.39 Å². The Labute approximate surface area is 105 Å². The number of benzene rings is 1. The summed E-state index contributed by atoms with van der Waals surface area (Å²) < 4.78 is 13.6. The summed E-state index contributed by atoms with van der Waals surface area (Å²) in [5.41, 5.74) is 7.57. The summed E-state index contributed by atoms with van der Waals surface area (Å²) in [6, 6.07) is 8.84. The van der Waals surface area contributed by atoms with Crippen molar-refractivity contribution in [2.24, 2.45) is 5.73 Å². The molecular formula is C14H16FNS. The molecule has 1 atom stereocenters. The Hall–Kier alpha value is -1.19. The number of hydrogen-bond donors (Lipinski definition) is 1. The molecule has 1 aromatic carbocycles. The summed E-state index contributed by atoms with van der Waals surface area (Å²) in [7, 11) is 0. The van der Waals surface area contributed by atoms with Crippen molar-refractivity contribution in [1.29, 1.82) is 0 Å². The minimum atomic E-state index is -0.522. The van der Waals surface area contributed by atoms with Gasteiger partial charge in [0, 0.05) is 10.4 Å². The zero-order chi connectivity index (χ0) is 12.5. The maximum Gasteiger partial charge on any atom is 0.126 e. The van der Waals surface area contributed by atoms with Gasteiger partial charge in [0.15, 0.2) is 0 Å². The number of hydrogen-bond acceptors (Lipinski definition) is 2. The molecule has 2 N–H and O–H groups in total. The van der Waals surface area contributed by atoms with Gasteiger partial charge in [-0.15, -0.1) is 11.3 Å². The fourth-order valence-corrected chi connectivity index (χ4v) is 2.95. The molecule has 0 fully saturated rings. The average molecular weight is 249 g/mol. The lowest BCUT2D eigenvalue weighted by Gasteiger charge is -2.25. The third-order valence-corrected chi connectivity index (χ3v) is 3.84. The highest BCUT2D eigenvalue weighted by Gasteiger charge is 2.25. The van der Waals surface area contributed by atoms with Crippen molar-refractivity contribution in [3.05, 3.63) is 57.5 Å². The average Bonchev–Trinajstić information content (AvgIpc) is 2.68. The van der Waals surface area contributed by atoms with Gasteiger partial charge in [0.1, 0.15) is 5.82 Å². The summed E-state index contributed by atoms with van der Waals surface area (Å²) in [5, 5.41) is 2.02. The van der Waals surface area contributed by atoms with E-state index in [2.05, 4.69) is 0 Å². The Morgan fingerprint density at radius 3 is 2.59 bits per heavy atom. The van der Waals surface area contributed by atoms with Crippen LogP contribution in [0.25, 0.3) is 0 Å². The first kappa shape index (κ1) is 12.3. The predicted molar refractivity (Wildman–Crippen MR) is 70.7 cm³/mol. The highest BCUT2D eigenvalue weighted by atomic mass is 32.1. The van der Waals surface area contributed by atoms with Crippen molar-refractivity contribution in [1.82, 2.24) is 0 Å². The Morgan fingerprint density at radius 1 is 1.29 bits per heavy atom. The van der Waals surface area contributed by atoms with E-state index in [-0.39, 0.29) is 5.82 Å². The molecule has 1 aromatic heterocycles. The van der Waals surface area contributed by atoms with Crippen molar-refractivity contribution in [3.63, 3.8) is 0 Å². The van der Waals surface area contributed by atoms with Crippen molar-refractivity contribution in [3.8, 4) is 0 Å². The number of rotatable bonds is 3. The Bertz CT molecular complexity index is 516. The third-order valence-electron chi connectivity index (χ3n) is 2.99. The first-order valence-corrected chi connectivity index (χ1v) is 6.45. The SMILES string of the molecule is Cc1sccc1C(C)(N)Cc1ccccc1F. The molecule has 17 heavy (non-hydrogen) atoms. The molecule has 0 radical (unpaired) electrons. The molecule has 1 heterocycles. The van der Waals surface area contributed by atoms with Gasteiger partial charge in [0.05, 0.1) is 0 Å². The molecule has 1 nitrogen and oxygen atoms in total. The van der Waals surface area contributed by atoms with E-state index in [1.54, 1.807) is 23.5 Å². The van der Waals surface area contributed by atoms with Crippen molar-refractivity contribution < 1.29 is 4.39 Å². The van der Waals surface area contributed by atoms with Gasteiger partial charge in [-0.1, -0.05) is 18.2 Å². The number of thiophene rings is 1. The zero-order valence-corrected chi connectivity index (χ0v) is 10.9. The van der Waals surface area contributed by atoms with Crippen LogP contribution in [0.15, 0.2) is 35.7 Å². The van der Waals surface area contributed by atoms with E-state index in [0.29, 0.717) is 12.0 Å². The van der Waals surface area contributed by atoms with Gasteiger partial charge < -0.3 is 5.73 Å². The van der Waals surface area contributed by atoms with Gasteiger partial charge in [0.25, 0.3) is 0 Å². The third kappa shape index (κ3) is 2.56. The summed E-state index contributed by atoms with van der Waals surface area (Å²) in [5.74, 6) is -0.183. The maximum absolute atomic E-state index is 13.6. The van der Waals surface area contributed by atoms with Crippen LogP contribution in [0.2, 0.25) is 0 Å². The first-order valence-electron chi connectivity index (χ1n) is 5.57. The van der Waals surface area contributed by atoms with E-state index in [1.165, 1.54) is 10.9 Å². The molecule has 0 aliphatic heterocycles. The van der Waals surface area contributed by atoms with Crippen LogP contribution < -0.4 is 5.73 Å². The fourth-order valence-electron chi connectivity index (χ4n) is 2.11. The van der Waals surface area contributed by atoms with E-state index in [4.69, 9.17) is 5.73 Å². The minimum absolute atomic E-state index is 0.183. The topological polar surface area (TPSA) is 26.0 Å². The number of aryl methyl sites for hydroxylation is 1. The normalized spacial score (nSPS) is 14.6. The molecule has 1 unspecified atom stereocenters. The van der Waals surface area contributed by atoms with E-state index in [9.17, 15) is 4.39 Å². The minimum Gasteiger partial charge on any atom is -0.321 e. The zero-order valence-electron chi connectivity index (χ0n) is 10.0. The van der Waals surface area contributed by atoms with E-state index in [0.717, 1.165) is 5.56 Å². The predicted octanol–water partition coefficient (Wildman–Crippen LogP) is 3.61. The molecule has 3 heteroatoms. The molecule has 0 spiro atoms. The van der Waals surface area contributed by atoms with Crippen LogP contribution in [0.3, 0.4) is 0 Å². The fraction of sp³-hybridized carbons (Fsp3) is 0.286. The molecular weight excluding hydrogens is 233 g/mol. The van der Waals surface area contributed by atoms with Crippen molar-refractivity contribution in [2.75, 3.05) is 0 Å². The van der Waals surface area contributed by atoms with E-state index < -0.39 is 5.54 Å². The largest absolute Gasteiger partial charge is 0.321 e. The second-order valence-corrected chi connectivity index (χ2v) is 5.70. The van der Waals surface area contributed by atoms with Crippen LogP contribution in [-0.2, 0) is 12.0 Å². The smallest absolute Gasteiger partial charge is 0.126 e. The lowest BCUT2D eigenvalue weighted by Crippen LogP contribution is -2.36. The number of nitrogens with two attached hydrogens (primary N) is 1. The Balaban J connectivity index is 2.30. The molecule has 0 aliphatic carbocycles. The van der Waals surface area contributed by atoms with Crippen molar-refractivity contribution in [2.45, 2.75) is 25.8 Å². The molecule has 90 valence electrons. The Morgan fingerprint density at radius 2 is 2.00 bits per heavy atom. The van der Waals surface area contributed by atoms with Crippen LogP contribution in [0.5, 0.6) is 0 Å². The van der Waals surface area contributed by atoms with Crippen LogP contribution in [-0.4, -0.2) is 0 Å². The highest BCUT2D eigenvalue weighted by Crippen LogP contribution is 2.29. The molecule has 2 aromatic rings. The second kappa shape index (κ2) is 4.59. The highest BCUT2D eigenvalue weighted by molar-refractivity contribution is 7.10. The Kier molecular flexibility index (Phi) is 3.31. The first-order chi connectivity index (χ1) is 8.00. The number of halogens is 1. The van der Waals surface area contributed by atoms with Crippen molar-refractivity contribution >= 4 is 11.3 Å². The lowest BCUT2D eigenvalue weighted by atomic mass is 9.87. The van der Waals surface area contributed by atoms with Crippen LogP contribution in [0.1, 0.15) is 22.9 Å². The molecule has 2 rings (SSSR count). The van der Waals surface area contributed by atoms with Crippen LogP contribution in [0, 0.1) is 12.7 Å². The van der Waals surface area contributed by atoms with E-state index >= 15 is 0 Å². The summed E-state index contributed by atoms with van der Waals surface area (Å²) >= 11 is 1.67. The van der Waals surface area contributed by atoms with Gasteiger partial charge in [0.2, 0.25) is 0 Å². The summed E-state index contributed by atoms with van der Waals surface area (Å²) in [4.78, 5) is 1.20. The monoisotopic (exact) mass is 249 g/mol. The molecule has 0 amide bonds. The molecule has 0 aliphatic rings. The van der Waals surface area contributed by atoms with Crippen LogP contribution >= 0.6 is 11.3 Å². The van der Waals surface area contributed by atoms with Crippen LogP contribution in [0.4, 0.5) is 4.39 Å². The van der Waals surface area contributed by atoms with E-state index in [1.807, 2.05) is 31.4 Å². The lowest BCUT2D eigenvalue weighted by molar-refractivity contribution is 0.475. The molecule has 0 saturated carbocycles. The van der Waals surface area contributed by atoms with Gasteiger partial charge in [-0.2, -0.15) is 0 Å². The summed E-state index contributed by atoms with van der Waals surface area (Å²) in [6.45, 7) is 4.00. The van der Waals surface area contributed by atoms with Gasteiger partial charge in [-0.3, -0.25) is 0 Å². The molecule has 0 saturated heterocycles. The maximum atomic E-state index is 13.6. The molecule has 0 bridgehead atoms. The van der Waals surface area contributed by atoms with Gasteiger partial charge >= 0.3 is 0 Å². The standard InChI is InChI=1S/C14H16FNS/c1-10-12(7-8-17-10)14(2,16)9-11-5-3-4-6-13(11)15/h3-8H,9,16H2,1-2H3. The van der Waals surface area contributed by atoms with Gasteiger partial charge in [-0.05, 0) is 48.9 Å². The quantitative estimate of drug-likeness (QED) is 0.883. The summed E-state index contributed by atoms with van der Waals surface area (Å²) in [6.07, 6.45) is 0.511. The second-order valence-electron chi connectivity index (χ2n) is 4.58.